The normalized spacial score (nSPS) is 12.5. The second kappa shape index (κ2) is 17.7. The van der Waals surface area contributed by atoms with E-state index < -0.39 is 36.7 Å². The van der Waals surface area contributed by atoms with Crippen LogP contribution in [0, 0.1) is 6.92 Å². The summed E-state index contributed by atoms with van der Waals surface area (Å²) >= 11 is 12.0. The summed E-state index contributed by atoms with van der Waals surface area (Å²) in [5, 5.41) is 25.8. The molecule has 0 aliphatic rings. The Morgan fingerprint density at radius 1 is 0.872 bits per heavy atom. The maximum atomic E-state index is 12.8. The number of hydrogen-bond acceptors (Lipinski definition) is 6. The van der Waals surface area contributed by atoms with Gasteiger partial charge in [0, 0.05) is 35.4 Å². The van der Waals surface area contributed by atoms with Crippen LogP contribution < -0.4 is 10.6 Å². The number of nitrogens with one attached hydrogen (secondary N) is 2. The minimum absolute atomic E-state index is 0.0930. The number of aryl methyl sites for hydroxylation is 2. The van der Waals surface area contributed by atoms with Gasteiger partial charge in [0.25, 0.3) is 5.91 Å². The van der Waals surface area contributed by atoms with Crippen molar-refractivity contribution in [1.82, 2.24) is 5.32 Å². The van der Waals surface area contributed by atoms with Crippen molar-refractivity contribution in [3.8, 4) is 0 Å². The molecule has 0 saturated carbocycles. The van der Waals surface area contributed by atoms with E-state index >= 15 is 0 Å². The zero-order valence-electron chi connectivity index (χ0n) is 22.0. The first-order chi connectivity index (χ1) is 18.7. The molecule has 0 aromatic heterocycles. The minimum Gasteiger partial charge on any atom is -0.480 e. The number of amides is 1. The molecule has 11 heteroatoms. The summed E-state index contributed by atoms with van der Waals surface area (Å²) in [5.74, 6) is -3.47. The third-order valence-corrected chi connectivity index (χ3v) is 6.55. The smallest absolute Gasteiger partial charge is 0.336 e. The number of anilines is 1. The summed E-state index contributed by atoms with van der Waals surface area (Å²) in [7, 11) is 0. The van der Waals surface area contributed by atoms with E-state index in [1.165, 1.54) is 5.56 Å². The number of ether oxygens (including phenoxy) is 2. The van der Waals surface area contributed by atoms with Gasteiger partial charge in [0.2, 0.25) is 0 Å². The lowest BCUT2D eigenvalue weighted by molar-refractivity contribution is -0.172. The molecule has 9 nitrogen and oxygen atoms in total. The Bertz CT molecular complexity index is 1070. The highest BCUT2D eigenvalue weighted by molar-refractivity contribution is 6.31. The van der Waals surface area contributed by atoms with E-state index in [4.69, 9.17) is 37.8 Å². The van der Waals surface area contributed by atoms with Crippen molar-refractivity contribution in [3.05, 3.63) is 63.6 Å². The van der Waals surface area contributed by atoms with Crippen LogP contribution in [0.15, 0.2) is 42.5 Å². The standard InChI is InChI=1S/C28H36Cl2N2O7/c1-19-8-13-22(17-23(19)30)31-14-5-6-16-38-25(26(28(36)37)39-18-24(33)34)27(35)32-15-4-2-3-7-20-9-11-21(29)12-10-20/h8-13,17,25-26,31H,2-7,14-16,18H2,1H3,(H,32,35)(H,33,34)(H,36,37). The van der Waals surface area contributed by atoms with Crippen LogP contribution in [0.3, 0.4) is 0 Å². The number of carbonyl (C=O) groups excluding carboxylic acids is 1. The van der Waals surface area contributed by atoms with Crippen molar-refractivity contribution >= 4 is 46.7 Å². The highest BCUT2D eigenvalue weighted by Gasteiger charge is 2.36. The molecule has 2 aromatic carbocycles. The first-order valence-corrected chi connectivity index (χ1v) is 13.6. The lowest BCUT2D eigenvalue weighted by atomic mass is 10.1. The average molecular weight is 584 g/mol. The number of rotatable bonds is 19. The largest absolute Gasteiger partial charge is 0.480 e. The summed E-state index contributed by atoms with van der Waals surface area (Å²) in [5.41, 5.74) is 3.04. The SMILES string of the molecule is Cc1ccc(NCCCCOC(C(=O)NCCCCCc2ccc(Cl)cc2)C(OCC(=O)O)C(=O)O)cc1Cl. The van der Waals surface area contributed by atoms with Gasteiger partial charge in [0.1, 0.15) is 6.61 Å². The van der Waals surface area contributed by atoms with Crippen molar-refractivity contribution in [1.29, 1.82) is 0 Å². The number of unbranched alkanes of at least 4 members (excludes halogenated alkanes) is 3. The van der Waals surface area contributed by atoms with Crippen LogP contribution in [0.5, 0.6) is 0 Å². The van der Waals surface area contributed by atoms with Gasteiger partial charge >= 0.3 is 11.9 Å². The van der Waals surface area contributed by atoms with Gasteiger partial charge in [-0.25, -0.2) is 9.59 Å². The van der Waals surface area contributed by atoms with E-state index in [0.717, 1.165) is 30.5 Å². The molecule has 0 fully saturated rings. The van der Waals surface area contributed by atoms with E-state index in [0.29, 0.717) is 42.4 Å². The van der Waals surface area contributed by atoms with Gasteiger partial charge in [-0.05, 0) is 74.4 Å². The quantitative estimate of drug-likeness (QED) is 0.171. The Kier molecular flexibility index (Phi) is 14.7. The average Bonchev–Trinajstić information content (AvgIpc) is 2.89. The molecule has 0 bridgehead atoms. The first kappa shape index (κ1) is 32.4. The topological polar surface area (TPSA) is 134 Å². The van der Waals surface area contributed by atoms with Crippen molar-refractivity contribution < 1.29 is 34.1 Å². The molecule has 39 heavy (non-hydrogen) atoms. The first-order valence-electron chi connectivity index (χ1n) is 12.9. The Balaban J connectivity index is 1.79. The predicted molar refractivity (Wildman–Crippen MR) is 151 cm³/mol. The van der Waals surface area contributed by atoms with Gasteiger partial charge in [-0.3, -0.25) is 4.79 Å². The van der Waals surface area contributed by atoms with Crippen LogP contribution in [0.4, 0.5) is 5.69 Å². The molecule has 0 spiro atoms. The summed E-state index contributed by atoms with van der Waals surface area (Å²) in [4.78, 5) is 35.5. The summed E-state index contributed by atoms with van der Waals surface area (Å²) in [6.07, 6.45) is 1.32. The highest BCUT2D eigenvalue weighted by Crippen LogP contribution is 2.20. The second-order valence-corrected chi connectivity index (χ2v) is 9.92. The van der Waals surface area contributed by atoms with Crippen molar-refractivity contribution in [2.45, 2.75) is 57.7 Å². The fraction of sp³-hybridized carbons (Fsp3) is 0.464. The van der Waals surface area contributed by atoms with E-state index in [1.54, 1.807) is 0 Å². The van der Waals surface area contributed by atoms with E-state index in [9.17, 15) is 19.5 Å². The Labute approximate surface area is 238 Å². The van der Waals surface area contributed by atoms with Gasteiger partial charge in [-0.1, -0.05) is 47.8 Å². The summed E-state index contributed by atoms with van der Waals surface area (Å²) in [6, 6.07) is 13.3. The second-order valence-electron chi connectivity index (χ2n) is 9.08. The molecular weight excluding hydrogens is 547 g/mol. The molecule has 2 atom stereocenters. The molecule has 2 aromatic rings. The maximum Gasteiger partial charge on any atom is 0.336 e. The summed E-state index contributed by atoms with van der Waals surface area (Å²) < 4.78 is 10.6. The van der Waals surface area contributed by atoms with E-state index in [-0.39, 0.29) is 6.61 Å². The minimum atomic E-state index is -1.75. The number of hydrogen-bond donors (Lipinski definition) is 4. The molecule has 2 unspecified atom stereocenters. The monoisotopic (exact) mass is 582 g/mol. The van der Waals surface area contributed by atoms with Crippen LogP contribution in [0.2, 0.25) is 10.0 Å². The molecule has 0 aliphatic heterocycles. The third kappa shape index (κ3) is 12.7. The van der Waals surface area contributed by atoms with Crippen LogP contribution in [-0.4, -0.2) is 66.6 Å². The van der Waals surface area contributed by atoms with Gasteiger partial charge in [0.05, 0.1) is 0 Å². The Morgan fingerprint density at radius 2 is 1.59 bits per heavy atom. The molecule has 1 amide bonds. The van der Waals surface area contributed by atoms with Gasteiger partial charge in [-0.2, -0.15) is 0 Å². The molecule has 0 radical (unpaired) electrons. The molecular formula is C28H36Cl2N2O7. The third-order valence-electron chi connectivity index (χ3n) is 5.89. The van der Waals surface area contributed by atoms with Crippen LogP contribution in [-0.2, 0) is 30.3 Å². The van der Waals surface area contributed by atoms with Crippen molar-refractivity contribution in [2.75, 3.05) is 31.6 Å². The number of aliphatic carboxylic acids is 2. The molecule has 4 N–H and O–H groups in total. The van der Waals surface area contributed by atoms with E-state index in [1.807, 2.05) is 49.4 Å². The predicted octanol–water partition coefficient (Wildman–Crippen LogP) is 4.96. The van der Waals surface area contributed by atoms with Gasteiger partial charge in [-0.15, -0.1) is 0 Å². The van der Waals surface area contributed by atoms with Crippen molar-refractivity contribution in [2.24, 2.45) is 0 Å². The zero-order chi connectivity index (χ0) is 28.6. The number of carbonyl (C=O) groups is 3. The Morgan fingerprint density at radius 3 is 2.26 bits per heavy atom. The molecule has 214 valence electrons. The number of carboxylic acid groups (broad SMARTS) is 2. The summed E-state index contributed by atoms with van der Waals surface area (Å²) in [6.45, 7) is 2.10. The van der Waals surface area contributed by atoms with Crippen LogP contribution >= 0.6 is 23.2 Å². The number of halogens is 2. The maximum absolute atomic E-state index is 12.8. The highest BCUT2D eigenvalue weighted by atomic mass is 35.5. The molecule has 0 saturated heterocycles. The fourth-order valence-electron chi connectivity index (χ4n) is 3.72. The Hall–Kier alpha value is -2.85. The lowest BCUT2D eigenvalue weighted by Crippen LogP contribution is -2.49. The fourth-order valence-corrected chi connectivity index (χ4v) is 4.02. The van der Waals surface area contributed by atoms with Crippen LogP contribution in [0.25, 0.3) is 0 Å². The van der Waals surface area contributed by atoms with E-state index in [2.05, 4.69) is 10.6 Å². The molecule has 2 rings (SSSR count). The lowest BCUT2D eigenvalue weighted by Gasteiger charge is -2.23. The molecule has 0 aliphatic carbocycles. The molecule has 0 heterocycles. The zero-order valence-corrected chi connectivity index (χ0v) is 23.5. The van der Waals surface area contributed by atoms with Gasteiger partial charge < -0.3 is 30.3 Å². The number of carboxylic acids is 2. The van der Waals surface area contributed by atoms with Crippen molar-refractivity contribution in [3.63, 3.8) is 0 Å². The van der Waals surface area contributed by atoms with Gasteiger partial charge in [0.15, 0.2) is 12.2 Å². The number of benzene rings is 2. The van der Waals surface area contributed by atoms with Crippen LogP contribution in [0.1, 0.15) is 43.2 Å².